The van der Waals surface area contributed by atoms with Crippen molar-refractivity contribution < 1.29 is 18.9 Å². The Kier molecular flexibility index (Phi) is 25.0. The quantitative estimate of drug-likeness (QED) is 0.0420. The zero-order valence-corrected chi connectivity index (χ0v) is 53.6. The molecule has 8 aromatic rings. The third kappa shape index (κ3) is 18.9. The molecule has 8 nitrogen and oxygen atoms in total. The molecule has 90 heavy (non-hydrogen) atoms. The molecule has 0 aliphatic heterocycles. The number of benzene rings is 8. The number of hydrogen-bond acceptors (Lipinski definition) is 8. The van der Waals surface area contributed by atoms with Gasteiger partial charge in [-0.2, -0.15) is 0 Å². The van der Waals surface area contributed by atoms with E-state index in [1.807, 2.05) is 72.8 Å². The predicted molar refractivity (Wildman–Crippen MR) is 376 cm³/mol. The summed E-state index contributed by atoms with van der Waals surface area (Å²) in [6, 6.07) is 75.2. The van der Waals surface area contributed by atoms with Gasteiger partial charge in [0.25, 0.3) is 0 Å². The molecule has 0 radical (unpaired) electrons. The van der Waals surface area contributed by atoms with E-state index < -0.39 is 5.41 Å². The molecule has 1 fully saturated rings. The van der Waals surface area contributed by atoms with Crippen LogP contribution in [0.5, 0.6) is 23.0 Å². The number of hydrogen-bond donors (Lipinski definition) is 0. The topological polar surface area (TPSA) is 86.4 Å². The van der Waals surface area contributed by atoms with Crippen LogP contribution in [-0.2, 0) is 0 Å². The summed E-state index contributed by atoms with van der Waals surface area (Å²) in [6.45, 7) is 13.7. The Morgan fingerprint density at radius 2 is 0.556 bits per heavy atom. The first-order valence-corrected chi connectivity index (χ1v) is 32.7. The standard InChI is InChI=1S/C82H88N4O4/c1-7-70(8-2)83-54-78(62-28-18-13-19-29-62)66-38-46-74(47-39-66)87-58-82(59-88-75-48-40-67(41-49-75)79(55-84-71(9-3)10-4)63-30-20-14-21-31-63,60-89-76-50-42-68(43-51-76)80(56-85-72(11-5)12-6)64-32-22-15-23-33-64)61-90-77-52-44-69(45-53-77)81(65-34-24-16-25-35-65)57-86-73-36-26-17-27-37-73/h13-16,18-25,28-35,38-53,70-73H,7-12,17,26-27,36-37,58-61H2,1-6H3. The molecule has 1 saturated carbocycles. The van der Waals surface area contributed by atoms with Crippen LogP contribution in [0.25, 0.3) is 22.3 Å². The van der Waals surface area contributed by atoms with Crippen LogP contribution in [0.15, 0.2) is 238 Å². The van der Waals surface area contributed by atoms with Crippen molar-refractivity contribution in [2.24, 2.45) is 25.4 Å². The number of nitrogens with zero attached hydrogens (tertiary/aromatic N) is 4. The summed E-state index contributed by atoms with van der Waals surface area (Å²) in [5.41, 5.74) is 11.0. The first-order chi connectivity index (χ1) is 44.3. The minimum atomic E-state index is -0.901. The molecule has 0 unspecified atom stereocenters. The van der Waals surface area contributed by atoms with Crippen LogP contribution in [0.3, 0.4) is 0 Å². The highest BCUT2D eigenvalue weighted by atomic mass is 16.5. The van der Waals surface area contributed by atoms with Crippen LogP contribution in [0.1, 0.15) is 157 Å². The first kappa shape index (κ1) is 65.2. The van der Waals surface area contributed by atoms with Crippen molar-refractivity contribution in [3.05, 3.63) is 263 Å². The van der Waals surface area contributed by atoms with Gasteiger partial charge in [0.1, 0.15) is 54.8 Å². The third-order valence-corrected chi connectivity index (χ3v) is 16.8. The van der Waals surface area contributed by atoms with Crippen LogP contribution in [-0.4, -0.2) is 74.1 Å². The highest BCUT2D eigenvalue weighted by Gasteiger charge is 2.36. The van der Waals surface area contributed by atoms with E-state index in [2.05, 4.69) is 211 Å². The fourth-order valence-corrected chi connectivity index (χ4v) is 10.9. The SMILES string of the molecule is CCC(CC)N=C=C(c1ccccc1)c1ccc(OCC(COc2ccc(C(=C=NC(CC)CC)c3ccccc3)cc2)(COc2ccc(C(=C=NC(CC)CC)c3ccccc3)cc2)COc2ccc(C(=C=NC3CCCCC3)c3ccccc3)cc2)cc1. The lowest BCUT2D eigenvalue weighted by Gasteiger charge is -2.33. The van der Waals surface area contributed by atoms with Crippen molar-refractivity contribution in [1.29, 1.82) is 0 Å². The average Bonchev–Trinajstić information content (AvgIpc) is 2.70. The second kappa shape index (κ2) is 34.5. The Bertz CT molecular complexity index is 3430. The molecule has 8 heteroatoms. The summed E-state index contributed by atoms with van der Waals surface area (Å²) in [7, 11) is 0. The highest BCUT2D eigenvalue weighted by Crippen LogP contribution is 2.33. The lowest BCUT2D eigenvalue weighted by atomic mass is 9.91. The van der Waals surface area contributed by atoms with Gasteiger partial charge in [0, 0.05) is 0 Å². The Labute approximate surface area is 536 Å². The van der Waals surface area contributed by atoms with Crippen LogP contribution < -0.4 is 18.9 Å². The fraction of sp³-hybridized carbons (Fsp3) is 0.317. The van der Waals surface area contributed by atoms with Crippen molar-refractivity contribution in [3.63, 3.8) is 0 Å². The molecule has 8 aromatic carbocycles. The number of ether oxygens (including phenoxy) is 4. The highest BCUT2D eigenvalue weighted by molar-refractivity contribution is 6.01. The van der Waals surface area contributed by atoms with Gasteiger partial charge in [-0.15, -0.1) is 0 Å². The van der Waals surface area contributed by atoms with Gasteiger partial charge in [-0.1, -0.05) is 182 Å². The average molecular weight is 1190 g/mol. The van der Waals surface area contributed by atoms with Gasteiger partial charge in [0.05, 0.1) is 46.5 Å². The number of rotatable bonds is 30. The molecule has 0 spiro atoms. The molecule has 0 aromatic heterocycles. The lowest BCUT2D eigenvalue weighted by molar-refractivity contribution is -0.00352. The second-order valence-corrected chi connectivity index (χ2v) is 23.4. The number of aliphatic imine (C=N–C) groups is 4. The molecular formula is C82H88N4O4. The predicted octanol–water partition coefficient (Wildman–Crippen LogP) is 19.6. The van der Waals surface area contributed by atoms with Gasteiger partial charge < -0.3 is 18.9 Å². The first-order valence-electron chi connectivity index (χ1n) is 32.7. The lowest BCUT2D eigenvalue weighted by Crippen LogP contribution is -2.45. The van der Waals surface area contributed by atoms with Crippen LogP contribution in [0.4, 0.5) is 0 Å². The maximum absolute atomic E-state index is 6.97. The molecule has 0 amide bonds. The Morgan fingerprint density at radius 3 is 0.800 bits per heavy atom. The monoisotopic (exact) mass is 1190 g/mol. The van der Waals surface area contributed by atoms with Crippen molar-refractivity contribution in [2.45, 2.75) is 136 Å². The minimum Gasteiger partial charge on any atom is -0.493 e. The molecule has 0 bridgehead atoms. The summed E-state index contributed by atoms with van der Waals surface area (Å²) in [5, 5.41) is 0. The van der Waals surface area contributed by atoms with Gasteiger partial charge in [-0.3, -0.25) is 0 Å². The van der Waals surface area contributed by atoms with Crippen LogP contribution >= 0.6 is 0 Å². The molecule has 460 valence electrons. The largest absolute Gasteiger partial charge is 0.493 e. The zero-order chi connectivity index (χ0) is 62.6. The molecular weight excluding hydrogens is 1100 g/mol. The molecule has 0 heterocycles. The third-order valence-electron chi connectivity index (χ3n) is 16.8. The van der Waals surface area contributed by atoms with E-state index in [1.54, 1.807) is 0 Å². The van der Waals surface area contributed by atoms with Crippen molar-refractivity contribution in [1.82, 2.24) is 0 Å². The van der Waals surface area contributed by atoms with Crippen molar-refractivity contribution >= 4 is 45.8 Å². The van der Waals surface area contributed by atoms with Gasteiger partial charge in [-0.25, -0.2) is 20.0 Å². The van der Waals surface area contributed by atoms with E-state index in [9.17, 15) is 0 Å². The summed E-state index contributed by atoms with van der Waals surface area (Å²) in [6.07, 6.45) is 11.6. The molecule has 1 aliphatic rings. The zero-order valence-electron chi connectivity index (χ0n) is 53.6. The Hall–Kier alpha value is -9.24. The van der Waals surface area contributed by atoms with Gasteiger partial charge in [0.15, 0.2) is 0 Å². The Balaban J connectivity index is 1.08. The van der Waals surface area contributed by atoms with Crippen LogP contribution in [0, 0.1) is 5.41 Å². The molecule has 0 N–H and O–H groups in total. The summed E-state index contributed by atoms with van der Waals surface area (Å²) in [4.78, 5) is 19.7. The Morgan fingerprint density at radius 1 is 0.322 bits per heavy atom. The maximum atomic E-state index is 6.97. The molecule has 0 saturated heterocycles. The van der Waals surface area contributed by atoms with Crippen molar-refractivity contribution in [3.8, 4) is 23.0 Å². The minimum absolute atomic E-state index is 0.178. The van der Waals surface area contributed by atoms with E-state index in [-0.39, 0.29) is 44.6 Å². The summed E-state index contributed by atoms with van der Waals surface area (Å²) >= 11 is 0. The maximum Gasteiger partial charge on any atom is 0.119 e. The summed E-state index contributed by atoms with van der Waals surface area (Å²) in [5.74, 6) is 16.6. The fourth-order valence-electron chi connectivity index (χ4n) is 10.9. The van der Waals surface area contributed by atoms with Gasteiger partial charge in [-0.05, 0) is 216 Å². The van der Waals surface area contributed by atoms with E-state index in [1.165, 1.54) is 19.3 Å². The molecule has 1 aliphatic carbocycles. The van der Waals surface area contributed by atoms with E-state index in [0.29, 0.717) is 29.0 Å². The normalized spacial score (nSPS) is 12.7. The second-order valence-electron chi connectivity index (χ2n) is 23.4. The van der Waals surface area contributed by atoms with E-state index >= 15 is 0 Å². The van der Waals surface area contributed by atoms with Gasteiger partial charge in [0.2, 0.25) is 0 Å². The smallest absolute Gasteiger partial charge is 0.119 e. The van der Waals surface area contributed by atoms with E-state index in [0.717, 1.165) is 118 Å². The van der Waals surface area contributed by atoms with E-state index in [4.69, 9.17) is 38.9 Å². The molecule has 9 rings (SSSR count). The van der Waals surface area contributed by atoms with Crippen LogP contribution in [0.2, 0.25) is 0 Å². The van der Waals surface area contributed by atoms with Crippen molar-refractivity contribution in [2.75, 3.05) is 26.4 Å². The molecule has 0 atom stereocenters. The van der Waals surface area contributed by atoms with Gasteiger partial charge >= 0.3 is 0 Å². The summed E-state index contributed by atoms with van der Waals surface area (Å²) < 4.78 is 27.8.